The topological polar surface area (TPSA) is 97.8 Å². The number of nitrogens with zero attached hydrogens (tertiary/aromatic N) is 6. The van der Waals surface area contributed by atoms with Gasteiger partial charge in [0.2, 0.25) is 0 Å². The van der Waals surface area contributed by atoms with Gasteiger partial charge in [0.05, 0.1) is 5.52 Å². The molecular formula is C21H20F2N6O2. The van der Waals surface area contributed by atoms with Crippen LogP contribution in [0.15, 0.2) is 41.7 Å². The molecule has 0 aliphatic heterocycles. The Balaban J connectivity index is 1.63. The van der Waals surface area contributed by atoms with Crippen LogP contribution >= 0.6 is 0 Å². The van der Waals surface area contributed by atoms with Gasteiger partial charge in [-0.3, -0.25) is 4.98 Å². The second-order valence-corrected chi connectivity index (χ2v) is 6.94. The Morgan fingerprint density at radius 1 is 1.19 bits per heavy atom. The van der Waals surface area contributed by atoms with Gasteiger partial charge < -0.3 is 9.94 Å². The third-order valence-electron chi connectivity index (χ3n) is 4.77. The molecule has 8 nitrogen and oxygen atoms in total. The molecule has 0 aliphatic rings. The van der Waals surface area contributed by atoms with Crippen molar-refractivity contribution in [2.75, 3.05) is 13.2 Å². The zero-order chi connectivity index (χ0) is 21.8. The molecular weight excluding hydrogens is 406 g/mol. The van der Waals surface area contributed by atoms with Gasteiger partial charge in [-0.05, 0) is 44.0 Å². The van der Waals surface area contributed by atoms with Crippen LogP contribution in [0, 0.1) is 11.6 Å². The zero-order valence-corrected chi connectivity index (χ0v) is 16.8. The molecule has 4 rings (SSSR count). The fraction of sp³-hybridized carbons (Fsp3) is 0.286. The minimum absolute atomic E-state index is 0.107. The van der Waals surface area contributed by atoms with Gasteiger partial charge in [-0.2, -0.15) is 9.61 Å². The number of aromatic nitrogens is 5. The van der Waals surface area contributed by atoms with Gasteiger partial charge in [-0.1, -0.05) is 5.16 Å². The van der Waals surface area contributed by atoms with Gasteiger partial charge >= 0.3 is 0 Å². The largest absolute Gasteiger partial charge is 0.396 e. The van der Waals surface area contributed by atoms with Crippen LogP contribution < -0.4 is 0 Å². The van der Waals surface area contributed by atoms with Crippen LogP contribution in [-0.2, 0) is 11.3 Å². The molecule has 0 spiro atoms. The van der Waals surface area contributed by atoms with Gasteiger partial charge in [-0.25, -0.2) is 8.78 Å². The Bertz CT molecular complexity index is 1260. The normalized spacial score (nSPS) is 12.1. The maximum absolute atomic E-state index is 14.9. The molecule has 3 heterocycles. The highest BCUT2D eigenvalue weighted by molar-refractivity contribution is 5.96. The smallest absolute Gasteiger partial charge is 0.177 e. The number of aliphatic hydroxyl groups is 1. The van der Waals surface area contributed by atoms with E-state index in [-0.39, 0.29) is 35.3 Å². The number of halogens is 2. The zero-order valence-electron chi connectivity index (χ0n) is 16.8. The van der Waals surface area contributed by atoms with Crippen molar-refractivity contribution >= 4 is 22.3 Å². The van der Waals surface area contributed by atoms with E-state index in [1.165, 1.54) is 16.8 Å². The molecule has 160 valence electrons. The summed E-state index contributed by atoms with van der Waals surface area (Å²) in [4.78, 5) is 9.23. The lowest BCUT2D eigenvalue weighted by Crippen LogP contribution is -2.08. The molecule has 0 atom stereocenters. The fourth-order valence-corrected chi connectivity index (χ4v) is 3.12. The van der Waals surface area contributed by atoms with Crippen LogP contribution in [0.5, 0.6) is 0 Å². The number of unbranched alkanes of at least 4 members (excludes halogenated alkanes) is 1. The standard InChI is InChI=1S/C21H20F2N6O2/c1-13(28-31-10-3-2-9-30)17-6-7-19-25-26-20(29(19)27-17)11-15-16(22)12-18-14(21(15)23)5-4-8-24-18/h4-8,12,30H,2-3,9-11H2,1H3/b28-13-. The first-order valence-corrected chi connectivity index (χ1v) is 9.79. The van der Waals surface area contributed by atoms with E-state index in [1.807, 2.05) is 0 Å². The maximum Gasteiger partial charge on any atom is 0.177 e. The third-order valence-corrected chi connectivity index (χ3v) is 4.77. The molecule has 4 aromatic rings. The van der Waals surface area contributed by atoms with Gasteiger partial charge in [0, 0.05) is 36.2 Å². The highest BCUT2D eigenvalue weighted by atomic mass is 19.1. The molecule has 1 aromatic carbocycles. The van der Waals surface area contributed by atoms with Crippen molar-refractivity contribution in [2.24, 2.45) is 5.16 Å². The third kappa shape index (κ3) is 4.33. The fourth-order valence-electron chi connectivity index (χ4n) is 3.12. The van der Waals surface area contributed by atoms with Crippen LogP contribution in [0.1, 0.15) is 36.8 Å². The summed E-state index contributed by atoms with van der Waals surface area (Å²) in [6.45, 7) is 2.23. The number of rotatable bonds is 8. The lowest BCUT2D eigenvalue weighted by molar-refractivity contribution is 0.134. The van der Waals surface area contributed by atoms with E-state index < -0.39 is 11.6 Å². The van der Waals surface area contributed by atoms with E-state index in [1.54, 1.807) is 31.2 Å². The van der Waals surface area contributed by atoms with E-state index >= 15 is 0 Å². The highest BCUT2D eigenvalue weighted by Crippen LogP contribution is 2.24. The van der Waals surface area contributed by atoms with E-state index in [4.69, 9.17) is 9.94 Å². The summed E-state index contributed by atoms with van der Waals surface area (Å²) >= 11 is 0. The minimum Gasteiger partial charge on any atom is -0.396 e. The molecule has 0 aliphatic carbocycles. The van der Waals surface area contributed by atoms with Crippen LogP contribution in [0.3, 0.4) is 0 Å². The van der Waals surface area contributed by atoms with Crippen LogP contribution in [0.25, 0.3) is 16.6 Å². The van der Waals surface area contributed by atoms with E-state index in [0.717, 1.165) is 0 Å². The number of fused-ring (bicyclic) bond motifs is 2. The Kier molecular flexibility index (Phi) is 6.08. The molecule has 3 aromatic heterocycles. The Labute approximate surface area is 176 Å². The summed E-state index contributed by atoms with van der Waals surface area (Å²) in [5.74, 6) is -1.09. The van der Waals surface area contributed by atoms with Gasteiger partial charge in [0.25, 0.3) is 0 Å². The Morgan fingerprint density at radius 2 is 2.06 bits per heavy atom. The first-order chi connectivity index (χ1) is 15.1. The molecule has 10 heteroatoms. The predicted molar refractivity (Wildman–Crippen MR) is 110 cm³/mol. The van der Waals surface area contributed by atoms with E-state index in [2.05, 4.69) is 25.4 Å². The summed E-state index contributed by atoms with van der Waals surface area (Å²) in [5.41, 5.74) is 1.61. The summed E-state index contributed by atoms with van der Waals surface area (Å²) < 4.78 is 31.0. The Hall–Kier alpha value is -3.53. The monoisotopic (exact) mass is 426 g/mol. The lowest BCUT2D eigenvalue weighted by Gasteiger charge is -2.07. The summed E-state index contributed by atoms with van der Waals surface area (Å²) in [6, 6.07) is 7.77. The van der Waals surface area contributed by atoms with Crippen molar-refractivity contribution in [1.82, 2.24) is 24.8 Å². The van der Waals surface area contributed by atoms with Crippen LogP contribution in [0.4, 0.5) is 8.78 Å². The van der Waals surface area contributed by atoms with Gasteiger partial charge in [0.1, 0.15) is 29.6 Å². The van der Waals surface area contributed by atoms with Crippen molar-refractivity contribution in [2.45, 2.75) is 26.2 Å². The summed E-state index contributed by atoms with van der Waals surface area (Å²) in [7, 11) is 0. The van der Waals surface area contributed by atoms with Crippen molar-refractivity contribution in [3.8, 4) is 0 Å². The molecule has 0 unspecified atom stereocenters. The van der Waals surface area contributed by atoms with Crippen molar-refractivity contribution < 1.29 is 18.7 Å². The first kappa shape index (κ1) is 20.7. The van der Waals surface area contributed by atoms with Gasteiger partial charge in [-0.15, -0.1) is 10.2 Å². The molecule has 0 fully saturated rings. The molecule has 1 N–H and O–H groups in total. The van der Waals surface area contributed by atoms with Gasteiger partial charge in [0.15, 0.2) is 11.5 Å². The minimum atomic E-state index is -0.703. The summed E-state index contributed by atoms with van der Waals surface area (Å²) in [5, 5.41) is 25.6. The first-order valence-electron chi connectivity index (χ1n) is 9.79. The number of oxime groups is 1. The number of pyridine rings is 1. The quantitative estimate of drug-likeness (QED) is 0.264. The lowest BCUT2D eigenvalue weighted by atomic mass is 10.1. The average molecular weight is 426 g/mol. The summed E-state index contributed by atoms with van der Waals surface area (Å²) in [6.07, 6.45) is 2.68. The SMILES string of the molecule is C/C(=N/OCCCCO)c1ccc2nnc(Cc3c(F)cc4ncccc4c3F)n2n1. The molecule has 0 saturated heterocycles. The molecule has 0 bridgehead atoms. The van der Waals surface area contributed by atoms with Crippen molar-refractivity contribution in [3.63, 3.8) is 0 Å². The number of hydrogen-bond donors (Lipinski definition) is 1. The molecule has 31 heavy (non-hydrogen) atoms. The van der Waals surface area contributed by atoms with Crippen LogP contribution in [-0.4, -0.2) is 48.8 Å². The molecule has 0 radical (unpaired) electrons. The number of benzene rings is 1. The van der Waals surface area contributed by atoms with E-state index in [0.29, 0.717) is 36.5 Å². The Morgan fingerprint density at radius 3 is 2.90 bits per heavy atom. The predicted octanol–water partition coefficient (Wildman–Crippen LogP) is 3.05. The maximum atomic E-state index is 14.9. The van der Waals surface area contributed by atoms with Crippen molar-refractivity contribution in [3.05, 3.63) is 65.2 Å². The highest BCUT2D eigenvalue weighted by Gasteiger charge is 2.18. The molecule has 0 saturated carbocycles. The molecule has 0 amide bonds. The second-order valence-electron chi connectivity index (χ2n) is 6.94. The average Bonchev–Trinajstić information content (AvgIpc) is 3.18. The number of aliphatic hydroxyl groups excluding tert-OH is 1. The second kappa shape index (κ2) is 9.09. The van der Waals surface area contributed by atoms with E-state index in [9.17, 15) is 8.78 Å². The number of hydrogen-bond acceptors (Lipinski definition) is 7. The van der Waals surface area contributed by atoms with Crippen LogP contribution in [0.2, 0.25) is 0 Å². The van der Waals surface area contributed by atoms with Crippen molar-refractivity contribution in [1.29, 1.82) is 0 Å².